The molecule has 1 aromatic rings. The van der Waals surface area contributed by atoms with Crippen molar-refractivity contribution in [2.24, 2.45) is 11.8 Å². The Bertz CT molecular complexity index is 372. The molecule has 0 bridgehead atoms. The third kappa shape index (κ3) is 2.87. The summed E-state index contributed by atoms with van der Waals surface area (Å²) < 4.78 is 5.10. The third-order valence-electron chi connectivity index (χ3n) is 3.76. The first-order valence-corrected chi connectivity index (χ1v) is 6.39. The van der Waals surface area contributed by atoms with Gasteiger partial charge in [-0.2, -0.15) is 0 Å². The molecule has 1 aromatic carbocycles. The number of ether oxygens (including phenoxy) is 1. The van der Waals surface area contributed by atoms with E-state index >= 15 is 0 Å². The minimum Gasteiger partial charge on any atom is -0.497 e. The zero-order valence-electron chi connectivity index (χ0n) is 10.6. The van der Waals surface area contributed by atoms with Crippen molar-refractivity contribution < 1.29 is 9.53 Å². The summed E-state index contributed by atoms with van der Waals surface area (Å²) in [7, 11) is 1.64. The molecule has 0 aliphatic heterocycles. The molecular formula is C15H20O2. The second-order valence-corrected chi connectivity index (χ2v) is 5.05. The summed E-state index contributed by atoms with van der Waals surface area (Å²) in [5.74, 6) is 2.13. The molecule has 0 heterocycles. The van der Waals surface area contributed by atoms with Gasteiger partial charge in [0.2, 0.25) is 0 Å². The van der Waals surface area contributed by atoms with Crippen LogP contribution in [0.5, 0.6) is 5.75 Å². The van der Waals surface area contributed by atoms with Crippen molar-refractivity contribution in [1.29, 1.82) is 0 Å². The van der Waals surface area contributed by atoms with Gasteiger partial charge in [0.25, 0.3) is 0 Å². The molecule has 2 nitrogen and oxygen atoms in total. The molecule has 2 rings (SSSR count). The van der Waals surface area contributed by atoms with Gasteiger partial charge in [0, 0.05) is 11.5 Å². The molecule has 0 atom stereocenters. The largest absolute Gasteiger partial charge is 0.497 e. The monoisotopic (exact) mass is 232 g/mol. The highest BCUT2D eigenvalue weighted by atomic mass is 16.5. The molecule has 1 saturated carbocycles. The molecule has 0 N–H and O–H groups in total. The van der Waals surface area contributed by atoms with Gasteiger partial charge in [-0.1, -0.05) is 19.8 Å². The smallest absolute Gasteiger partial charge is 0.165 e. The SMILES string of the molecule is COc1ccc(C(=O)C2CCC(C)CC2)cc1. The Kier molecular flexibility index (Phi) is 3.82. The van der Waals surface area contributed by atoms with Crippen molar-refractivity contribution in [3.8, 4) is 5.75 Å². The van der Waals surface area contributed by atoms with Crippen molar-refractivity contribution in [3.05, 3.63) is 29.8 Å². The third-order valence-corrected chi connectivity index (χ3v) is 3.76. The number of carbonyl (C=O) groups is 1. The van der Waals surface area contributed by atoms with Crippen LogP contribution in [-0.4, -0.2) is 12.9 Å². The normalized spacial score (nSPS) is 24.4. The van der Waals surface area contributed by atoms with E-state index in [1.165, 1.54) is 12.8 Å². The minimum absolute atomic E-state index is 0.236. The highest BCUT2D eigenvalue weighted by Crippen LogP contribution is 2.30. The average Bonchev–Trinajstić information content (AvgIpc) is 2.39. The van der Waals surface area contributed by atoms with Crippen LogP contribution in [0, 0.1) is 11.8 Å². The lowest BCUT2D eigenvalue weighted by Gasteiger charge is -2.25. The molecule has 0 saturated heterocycles. The molecule has 0 aromatic heterocycles. The Labute approximate surface area is 103 Å². The lowest BCUT2D eigenvalue weighted by molar-refractivity contribution is 0.0875. The van der Waals surface area contributed by atoms with E-state index in [2.05, 4.69) is 6.92 Å². The van der Waals surface area contributed by atoms with Crippen LogP contribution in [0.2, 0.25) is 0 Å². The molecule has 2 heteroatoms. The zero-order valence-corrected chi connectivity index (χ0v) is 10.6. The van der Waals surface area contributed by atoms with Gasteiger partial charge < -0.3 is 4.74 Å². The standard InChI is InChI=1S/C15H20O2/c1-11-3-5-12(6-4-11)15(16)13-7-9-14(17-2)10-8-13/h7-12H,3-6H2,1-2H3. The van der Waals surface area contributed by atoms with Crippen LogP contribution in [0.1, 0.15) is 43.0 Å². The summed E-state index contributed by atoms with van der Waals surface area (Å²) >= 11 is 0. The molecular weight excluding hydrogens is 212 g/mol. The van der Waals surface area contributed by atoms with Gasteiger partial charge in [-0.25, -0.2) is 0 Å². The molecule has 1 fully saturated rings. The molecule has 92 valence electrons. The number of methoxy groups -OCH3 is 1. The van der Waals surface area contributed by atoms with E-state index < -0.39 is 0 Å². The van der Waals surface area contributed by atoms with Gasteiger partial charge in [0.1, 0.15) is 5.75 Å². The van der Waals surface area contributed by atoms with E-state index in [9.17, 15) is 4.79 Å². The number of ketones is 1. The number of benzene rings is 1. The Hall–Kier alpha value is -1.31. The summed E-state index contributed by atoms with van der Waals surface area (Å²) in [6.45, 7) is 2.27. The average molecular weight is 232 g/mol. The molecule has 0 radical (unpaired) electrons. The second kappa shape index (κ2) is 5.35. The maximum Gasteiger partial charge on any atom is 0.165 e. The van der Waals surface area contributed by atoms with Crippen molar-refractivity contribution in [3.63, 3.8) is 0 Å². The molecule has 1 aliphatic carbocycles. The first-order valence-electron chi connectivity index (χ1n) is 6.39. The second-order valence-electron chi connectivity index (χ2n) is 5.05. The fraction of sp³-hybridized carbons (Fsp3) is 0.533. The van der Waals surface area contributed by atoms with Crippen LogP contribution in [0.4, 0.5) is 0 Å². The highest BCUT2D eigenvalue weighted by molar-refractivity contribution is 5.97. The van der Waals surface area contributed by atoms with Crippen molar-refractivity contribution >= 4 is 5.78 Å². The van der Waals surface area contributed by atoms with Crippen LogP contribution in [0.15, 0.2) is 24.3 Å². The summed E-state index contributed by atoms with van der Waals surface area (Å²) in [6.07, 6.45) is 4.47. The fourth-order valence-corrected chi connectivity index (χ4v) is 2.51. The number of Topliss-reactive ketones (excluding diaryl/α,β-unsaturated/α-hetero) is 1. The minimum atomic E-state index is 0.236. The highest BCUT2D eigenvalue weighted by Gasteiger charge is 2.24. The van der Waals surface area contributed by atoms with Gasteiger partial charge in [0.05, 0.1) is 7.11 Å². The Morgan fingerprint density at radius 1 is 1.12 bits per heavy atom. The molecule has 0 amide bonds. The Morgan fingerprint density at radius 3 is 2.24 bits per heavy atom. The Morgan fingerprint density at radius 2 is 1.71 bits per heavy atom. The van der Waals surface area contributed by atoms with Crippen molar-refractivity contribution in [1.82, 2.24) is 0 Å². The zero-order chi connectivity index (χ0) is 12.3. The van der Waals surface area contributed by atoms with Crippen molar-refractivity contribution in [2.75, 3.05) is 7.11 Å². The predicted molar refractivity (Wildman–Crippen MR) is 68.4 cm³/mol. The summed E-state index contributed by atoms with van der Waals surface area (Å²) in [4.78, 5) is 12.3. The molecule has 0 unspecified atom stereocenters. The van der Waals surface area contributed by atoms with Gasteiger partial charge in [-0.3, -0.25) is 4.79 Å². The lowest BCUT2D eigenvalue weighted by atomic mass is 9.79. The molecule has 0 spiro atoms. The van der Waals surface area contributed by atoms with Crippen molar-refractivity contribution in [2.45, 2.75) is 32.6 Å². The van der Waals surface area contributed by atoms with E-state index in [1.807, 2.05) is 24.3 Å². The lowest BCUT2D eigenvalue weighted by Crippen LogP contribution is -2.20. The number of hydrogen-bond donors (Lipinski definition) is 0. The first kappa shape index (κ1) is 12.2. The summed E-state index contributed by atoms with van der Waals surface area (Å²) in [5.41, 5.74) is 0.824. The van der Waals surface area contributed by atoms with E-state index in [-0.39, 0.29) is 5.92 Å². The molecule has 1 aliphatic rings. The van der Waals surface area contributed by atoms with E-state index in [1.54, 1.807) is 7.11 Å². The van der Waals surface area contributed by atoms with Crippen LogP contribution in [0.3, 0.4) is 0 Å². The van der Waals surface area contributed by atoms with E-state index in [0.29, 0.717) is 5.78 Å². The van der Waals surface area contributed by atoms with Crippen LogP contribution in [0.25, 0.3) is 0 Å². The van der Waals surface area contributed by atoms with E-state index in [0.717, 1.165) is 30.1 Å². The van der Waals surface area contributed by atoms with E-state index in [4.69, 9.17) is 4.74 Å². The first-order chi connectivity index (χ1) is 8.20. The van der Waals surface area contributed by atoms with Crippen LogP contribution < -0.4 is 4.74 Å². The molecule has 17 heavy (non-hydrogen) atoms. The predicted octanol–water partition coefficient (Wildman–Crippen LogP) is 3.70. The van der Waals surface area contributed by atoms with Gasteiger partial charge >= 0.3 is 0 Å². The Balaban J connectivity index is 2.03. The van der Waals surface area contributed by atoms with Gasteiger partial charge in [-0.05, 0) is 43.0 Å². The van der Waals surface area contributed by atoms with Gasteiger partial charge in [0.15, 0.2) is 5.78 Å². The topological polar surface area (TPSA) is 26.3 Å². The van der Waals surface area contributed by atoms with Gasteiger partial charge in [-0.15, -0.1) is 0 Å². The summed E-state index contributed by atoms with van der Waals surface area (Å²) in [5, 5.41) is 0. The maximum atomic E-state index is 12.3. The van der Waals surface area contributed by atoms with Crippen LogP contribution >= 0.6 is 0 Å². The fourth-order valence-electron chi connectivity index (χ4n) is 2.51. The number of carbonyl (C=O) groups excluding carboxylic acids is 1. The quantitative estimate of drug-likeness (QED) is 0.743. The number of rotatable bonds is 3. The van der Waals surface area contributed by atoms with Crippen LogP contribution in [-0.2, 0) is 0 Å². The maximum absolute atomic E-state index is 12.3. The summed E-state index contributed by atoms with van der Waals surface area (Å²) in [6, 6.07) is 7.47. The number of hydrogen-bond acceptors (Lipinski definition) is 2.